The molecule has 0 amide bonds. The van der Waals surface area contributed by atoms with Gasteiger partial charge in [-0.2, -0.15) is 11.3 Å². The Bertz CT molecular complexity index is 277. The number of hydrogen-bond acceptors (Lipinski definition) is 2. The minimum atomic E-state index is 0.462. The van der Waals surface area contributed by atoms with Crippen LogP contribution in [0.2, 0.25) is 0 Å². The van der Waals surface area contributed by atoms with Gasteiger partial charge >= 0.3 is 0 Å². The molecule has 0 saturated carbocycles. The fourth-order valence-corrected chi connectivity index (χ4v) is 2.25. The Balaban J connectivity index is 2.57. The second-order valence-corrected chi connectivity index (χ2v) is 4.65. The molecule has 1 unspecified atom stereocenters. The number of rotatable bonds is 7. The minimum absolute atomic E-state index is 0.462. The van der Waals surface area contributed by atoms with E-state index in [1.54, 1.807) is 11.3 Å². The summed E-state index contributed by atoms with van der Waals surface area (Å²) in [5.41, 5.74) is 2.73. The van der Waals surface area contributed by atoms with Gasteiger partial charge in [0.05, 0.1) is 0 Å². The fraction of sp³-hybridized carbons (Fsp3) is 0.538. The Hall–Kier alpha value is -0.600. The summed E-state index contributed by atoms with van der Waals surface area (Å²) in [5, 5.41) is 7.96. The van der Waals surface area contributed by atoms with E-state index in [1.807, 2.05) is 0 Å². The normalized spacial score (nSPS) is 12.7. The zero-order valence-electron chi connectivity index (χ0n) is 9.75. The van der Waals surface area contributed by atoms with E-state index in [2.05, 4.69) is 42.6 Å². The van der Waals surface area contributed by atoms with E-state index in [0.717, 1.165) is 19.4 Å². The number of thiophene rings is 1. The second-order valence-electron chi connectivity index (χ2n) is 3.87. The predicted octanol–water partition coefficient (Wildman–Crippen LogP) is 4.15. The Morgan fingerprint density at radius 2 is 2.33 bits per heavy atom. The van der Waals surface area contributed by atoms with Crippen molar-refractivity contribution in [3.8, 4) is 0 Å². The molecular weight excluding hydrogens is 202 g/mol. The zero-order chi connectivity index (χ0) is 11.1. The maximum Gasteiger partial charge on any atom is 0.0365 e. The third-order valence-corrected chi connectivity index (χ3v) is 3.28. The number of nitrogens with one attached hydrogen (secondary N) is 1. The average Bonchev–Trinajstić information content (AvgIpc) is 2.77. The maximum atomic E-state index is 4.09. The summed E-state index contributed by atoms with van der Waals surface area (Å²) in [5.74, 6) is 0. The van der Waals surface area contributed by atoms with Crippen molar-refractivity contribution in [3.63, 3.8) is 0 Å². The van der Waals surface area contributed by atoms with Crippen molar-refractivity contribution in [2.45, 2.75) is 39.2 Å². The molecule has 1 nitrogen and oxygen atoms in total. The predicted molar refractivity (Wildman–Crippen MR) is 69.4 cm³/mol. The van der Waals surface area contributed by atoms with Gasteiger partial charge < -0.3 is 5.32 Å². The average molecular weight is 223 g/mol. The van der Waals surface area contributed by atoms with Crippen LogP contribution in [0.5, 0.6) is 0 Å². The first-order valence-corrected chi connectivity index (χ1v) is 6.64. The molecule has 1 aromatic rings. The van der Waals surface area contributed by atoms with E-state index in [0.29, 0.717) is 6.04 Å². The summed E-state index contributed by atoms with van der Waals surface area (Å²) in [7, 11) is 0. The molecule has 0 aliphatic rings. The van der Waals surface area contributed by atoms with Crippen molar-refractivity contribution in [3.05, 3.63) is 34.5 Å². The first-order chi connectivity index (χ1) is 7.27. The molecule has 1 heterocycles. The first-order valence-electron chi connectivity index (χ1n) is 5.70. The van der Waals surface area contributed by atoms with Crippen LogP contribution in [0, 0.1) is 0 Å². The highest BCUT2D eigenvalue weighted by molar-refractivity contribution is 7.07. The molecule has 0 fully saturated rings. The highest BCUT2D eigenvalue weighted by atomic mass is 32.1. The molecule has 0 aromatic carbocycles. The van der Waals surface area contributed by atoms with Crippen molar-refractivity contribution in [2.75, 3.05) is 6.54 Å². The molecule has 0 spiro atoms. The van der Waals surface area contributed by atoms with Crippen LogP contribution in [0.15, 0.2) is 29.0 Å². The van der Waals surface area contributed by atoms with E-state index < -0.39 is 0 Å². The van der Waals surface area contributed by atoms with Crippen LogP contribution in [0.4, 0.5) is 0 Å². The van der Waals surface area contributed by atoms with Crippen LogP contribution in [0.25, 0.3) is 0 Å². The summed E-state index contributed by atoms with van der Waals surface area (Å²) in [4.78, 5) is 0. The smallest absolute Gasteiger partial charge is 0.0365 e. The third-order valence-electron chi connectivity index (χ3n) is 2.58. The molecule has 0 aliphatic heterocycles. The van der Waals surface area contributed by atoms with Gasteiger partial charge in [-0.25, -0.2) is 0 Å². The van der Waals surface area contributed by atoms with Crippen LogP contribution < -0.4 is 5.32 Å². The molecule has 0 bridgehead atoms. The van der Waals surface area contributed by atoms with Crippen molar-refractivity contribution in [1.29, 1.82) is 0 Å². The summed E-state index contributed by atoms with van der Waals surface area (Å²) in [6, 6.07) is 2.67. The number of hydrogen-bond donors (Lipinski definition) is 1. The summed E-state index contributed by atoms with van der Waals surface area (Å²) in [6.07, 6.45) is 3.32. The highest BCUT2D eigenvalue weighted by Crippen LogP contribution is 2.23. The minimum Gasteiger partial charge on any atom is -0.310 e. The molecule has 84 valence electrons. The standard InChI is InChI=1S/C13H21NS/c1-4-7-14-13(9-11(3)5-2)12-6-8-15-10-12/h6,8,10,13-14H,3-5,7,9H2,1-2H3. The lowest BCUT2D eigenvalue weighted by Crippen LogP contribution is -2.22. The molecule has 1 aromatic heterocycles. The van der Waals surface area contributed by atoms with E-state index in [1.165, 1.54) is 17.6 Å². The lowest BCUT2D eigenvalue weighted by molar-refractivity contribution is 0.525. The van der Waals surface area contributed by atoms with Crippen LogP contribution in [0.3, 0.4) is 0 Å². The van der Waals surface area contributed by atoms with Crippen LogP contribution in [0.1, 0.15) is 44.7 Å². The van der Waals surface area contributed by atoms with Gasteiger partial charge in [-0.3, -0.25) is 0 Å². The third kappa shape index (κ3) is 4.18. The molecule has 0 aliphatic carbocycles. The Morgan fingerprint density at radius 1 is 1.53 bits per heavy atom. The lowest BCUT2D eigenvalue weighted by atomic mass is 10.0. The van der Waals surface area contributed by atoms with E-state index in [-0.39, 0.29) is 0 Å². The van der Waals surface area contributed by atoms with Crippen molar-refractivity contribution >= 4 is 11.3 Å². The van der Waals surface area contributed by atoms with Crippen LogP contribution >= 0.6 is 11.3 Å². The van der Waals surface area contributed by atoms with Crippen molar-refractivity contribution in [1.82, 2.24) is 5.32 Å². The lowest BCUT2D eigenvalue weighted by Gasteiger charge is -2.18. The Kier molecular flexibility index (Phi) is 5.66. The summed E-state index contributed by atoms with van der Waals surface area (Å²) in [6.45, 7) is 9.55. The van der Waals surface area contributed by atoms with Gasteiger partial charge in [-0.05, 0) is 48.2 Å². The highest BCUT2D eigenvalue weighted by Gasteiger charge is 2.11. The van der Waals surface area contributed by atoms with Gasteiger partial charge in [-0.1, -0.05) is 26.0 Å². The maximum absolute atomic E-state index is 4.09. The molecule has 0 saturated heterocycles. The van der Waals surface area contributed by atoms with Gasteiger partial charge in [0.1, 0.15) is 0 Å². The quantitative estimate of drug-likeness (QED) is 0.685. The topological polar surface area (TPSA) is 12.0 Å². The molecule has 2 heteroatoms. The van der Waals surface area contributed by atoms with Gasteiger partial charge in [0.25, 0.3) is 0 Å². The SMILES string of the molecule is C=C(CC)CC(NCCC)c1ccsc1. The van der Waals surface area contributed by atoms with Gasteiger partial charge in [0.15, 0.2) is 0 Å². The van der Waals surface area contributed by atoms with E-state index >= 15 is 0 Å². The zero-order valence-corrected chi connectivity index (χ0v) is 10.6. The molecule has 1 N–H and O–H groups in total. The van der Waals surface area contributed by atoms with E-state index in [4.69, 9.17) is 0 Å². The molecular formula is C13H21NS. The molecule has 1 atom stereocenters. The monoisotopic (exact) mass is 223 g/mol. The largest absolute Gasteiger partial charge is 0.310 e. The molecule has 15 heavy (non-hydrogen) atoms. The first kappa shape index (κ1) is 12.5. The summed E-state index contributed by atoms with van der Waals surface area (Å²) < 4.78 is 0. The summed E-state index contributed by atoms with van der Waals surface area (Å²) >= 11 is 1.77. The van der Waals surface area contributed by atoms with Gasteiger partial charge in [-0.15, -0.1) is 0 Å². The van der Waals surface area contributed by atoms with Crippen molar-refractivity contribution in [2.24, 2.45) is 0 Å². The Labute approximate surface area is 97.2 Å². The van der Waals surface area contributed by atoms with Crippen LogP contribution in [-0.2, 0) is 0 Å². The Morgan fingerprint density at radius 3 is 2.87 bits per heavy atom. The second kappa shape index (κ2) is 6.81. The van der Waals surface area contributed by atoms with Crippen molar-refractivity contribution < 1.29 is 0 Å². The fourth-order valence-electron chi connectivity index (χ4n) is 1.53. The van der Waals surface area contributed by atoms with Gasteiger partial charge in [0.2, 0.25) is 0 Å². The van der Waals surface area contributed by atoms with Gasteiger partial charge in [0, 0.05) is 6.04 Å². The van der Waals surface area contributed by atoms with E-state index in [9.17, 15) is 0 Å². The molecule has 0 radical (unpaired) electrons. The van der Waals surface area contributed by atoms with Crippen LogP contribution in [-0.4, -0.2) is 6.54 Å². The molecule has 1 rings (SSSR count).